The molecule has 0 atom stereocenters. The Bertz CT molecular complexity index is 1330. The molecule has 0 radical (unpaired) electrons. The van der Waals surface area contributed by atoms with Gasteiger partial charge in [0.15, 0.2) is 0 Å². The van der Waals surface area contributed by atoms with Crippen molar-refractivity contribution in [2.24, 2.45) is 5.10 Å². The average molecular weight is 463 g/mol. The Hall–Kier alpha value is -3.67. The lowest BCUT2D eigenvalue weighted by Gasteiger charge is -2.06. The highest BCUT2D eigenvalue weighted by molar-refractivity contribution is 6.36. The maximum absolute atomic E-state index is 12.5. The highest BCUT2D eigenvalue weighted by Gasteiger charge is 2.13. The summed E-state index contributed by atoms with van der Waals surface area (Å²) in [5, 5.41) is 6.51. The molecule has 0 aromatic heterocycles. The quantitative estimate of drug-likeness (QED) is 0.168. The fourth-order valence-corrected chi connectivity index (χ4v) is 3.57. The molecule has 0 saturated heterocycles. The summed E-state index contributed by atoms with van der Waals surface area (Å²) < 4.78 is 5.34. The Kier molecular flexibility index (Phi) is 6.50. The standard InChI is InChI=1S/C25H16Cl2N2O3/c26-18-10-13-22(23(27)14-18)25(31)32-19-11-8-16(9-12-19)15-28-29-24(30)21-7-3-5-17-4-1-2-6-20(17)21/h1-15H,(H,29,30). The molecular weight excluding hydrogens is 447 g/mol. The van der Waals surface area contributed by atoms with E-state index in [0.29, 0.717) is 21.9 Å². The van der Waals surface area contributed by atoms with Crippen LogP contribution in [0, 0.1) is 0 Å². The smallest absolute Gasteiger partial charge is 0.345 e. The molecule has 0 bridgehead atoms. The number of ether oxygens (including phenoxy) is 1. The van der Waals surface area contributed by atoms with Crippen LogP contribution in [0.15, 0.2) is 90.0 Å². The van der Waals surface area contributed by atoms with Crippen molar-refractivity contribution >= 4 is 52.1 Å². The number of halogens is 2. The van der Waals surface area contributed by atoms with Gasteiger partial charge in [0, 0.05) is 10.6 Å². The van der Waals surface area contributed by atoms with Crippen molar-refractivity contribution in [3.05, 3.63) is 112 Å². The van der Waals surface area contributed by atoms with Gasteiger partial charge in [-0.3, -0.25) is 4.79 Å². The lowest BCUT2D eigenvalue weighted by molar-refractivity contribution is 0.0734. The minimum Gasteiger partial charge on any atom is -0.423 e. The number of esters is 1. The van der Waals surface area contributed by atoms with E-state index in [1.165, 1.54) is 18.3 Å². The zero-order chi connectivity index (χ0) is 22.5. The van der Waals surface area contributed by atoms with E-state index in [4.69, 9.17) is 27.9 Å². The summed E-state index contributed by atoms with van der Waals surface area (Å²) in [5.74, 6) is -0.545. The van der Waals surface area contributed by atoms with Gasteiger partial charge in [-0.15, -0.1) is 0 Å². The van der Waals surface area contributed by atoms with E-state index in [1.54, 1.807) is 36.4 Å². The fraction of sp³-hybridized carbons (Fsp3) is 0. The van der Waals surface area contributed by atoms with Gasteiger partial charge in [0.05, 0.1) is 16.8 Å². The van der Waals surface area contributed by atoms with Crippen LogP contribution in [-0.2, 0) is 0 Å². The molecular formula is C25H16Cl2N2O3. The van der Waals surface area contributed by atoms with Gasteiger partial charge in [-0.05, 0) is 64.9 Å². The number of hydrogen-bond acceptors (Lipinski definition) is 4. The molecule has 1 N–H and O–H groups in total. The lowest BCUT2D eigenvalue weighted by Crippen LogP contribution is -2.17. The van der Waals surface area contributed by atoms with Gasteiger partial charge >= 0.3 is 5.97 Å². The van der Waals surface area contributed by atoms with Crippen LogP contribution in [0.3, 0.4) is 0 Å². The zero-order valence-electron chi connectivity index (χ0n) is 16.6. The van der Waals surface area contributed by atoms with Gasteiger partial charge in [0.1, 0.15) is 5.75 Å². The maximum atomic E-state index is 12.5. The minimum absolute atomic E-state index is 0.216. The monoisotopic (exact) mass is 462 g/mol. The molecule has 0 unspecified atom stereocenters. The topological polar surface area (TPSA) is 67.8 Å². The van der Waals surface area contributed by atoms with E-state index >= 15 is 0 Å². The van der Waals surface area contributed by atoms with Crippen LogP contribution in [0.4, 0.5) is 0 Å². The first-order valence-electron chi connectivity index (χ1n) is 9.60. The van der Waals surface area contributed by atoms with Crippen LogP contribution in [0.1, 0.15) is 26.3 Å². The van der Waals surface area contributed by atoms with Crippen molar-refractivity contribution < 1.29 is 14.3 Å². The molecule has 5 nitrogen and oxygen atoms in total. The molecule has 4 rings (SSSR count). The molecule has 1 amide bonds. The number of carbonyl (C=O) groups excluding carboxylic acids is 2. The zero-order valence-corrected chi connectivity index (χ0v) is 18.1. The van der Waals surface area contributed by atoms with Gasteiger partial charge < -0.3 is 4.74 Å². The third-order valence-corrected chi connectivity index (χ3v) is 5.20. The van der Waals surface area contributed by atoms with Gasteiger partial charge in [-0.25, -0.2) is 10.2 Å². The minimum atomic E-state index is -0.588. The number of rotatable bonds is 5. The number of nitrogens with zero attached hydrogens (tertiary/aromatic N) is 1. The molecule has 0 fully saturated rings. The largest absolute Gasteiger partial charge is 0.423 e. The van der Waals surface area contributed by atoms with Crippen LogP contribution < -0.4 is 10.2 Å². The second-order valence-electron chi connectivity index (χ2n) is 6.81. The number of amides is 1. The third-order valence-electron chi connectivity index (χ3n) is 4.66. The highest BCUT2D eigenvalue weighted by atomic mass is 35.5. The molecule has 0 aliphatic rings. The predicted octanol–water partition coefficient (Wildman–Crippen LogP) is 6.13. The van der Waals surface area contributed by atoms with Crippen molar-refractivity contribution in [3.8, 4) is 5.75 Å². The summed E-state index contributed by atoms with van der Waals surface area (Å²) in [5.41, 5.74) is 4.02. The Morgan fingerprint density at radius 3 is 2.38 bits per heavy atom. The third kappa shape index (κ3) is 4.97. The molecule has 0 aliphatic heterocycles. The van der Waals surface area contributed by atoms with Gasteiger partial charge in [0.25, 0.3) is 5.91 Å². The van der Waals surface area contributed by atoms with Crippen molar-refractivity contribution in [1.82, 2.24) is 5.43 Å². The normalized spacial score (nSPS) is 10.9. The first kappa shape index (κ1) is 21.6. The molecule has 4 aromatic carbocycles. The molecule has 32 heavy (non-hydrogen) atoms. The molecule has 4 aromatic rings. The summed E-state index contributed by atoms with van der Waals surface area (Å²) in [6.07, 6.45) is 1.50. The SMILES string of the molecule is O=C(Oc1ccc(C=NNC(=O)c2cccc3ccccc23)cc1)c1ccc(Cl)cc1Cl. The fourth-order valence-electron chi connectivity index (χ4n) is 3.09. The summed E-state index contributed by atoms with van der Waals surface area (Å²) in [7, 11) is 0. The van der Waals surface area contributed by atoms with E-state index in [2.05, 4.69) is 10.5 Å². The summed E-state index contributed by atoms with van der Waals surface area (Å²) >= 11 is 11.9. The van der Waals surface area contributed by atoms with Crippen molar-refractivity contribution in [3.63, 3.8) is 0 Å². The van der Waals surface area contributed by atoms with E-state index in [9.17, 15) is 9.59 Å². The molecule has 0 heterocycles. The summed E-state index contributed by atoms with van der Waals surface area (Å²) in [6.45, 7) is 0. The Morgan fingerprint density at radius 1 is 0.844 bits per heavy atom. The Balaban J connectivity index is 1.39. The number of fused-ring (bicyclic) bond motifs is 1. The van der Waals surface area contributed by atoms with Crippen molar-refractivity contribution in [2.45, 2.75) is 0 Å². The maximum Gasteiger partial charge on any atom is 0.345 e. The summed E-state index contributed by atoms with van der Waals surface area (Å²) in [4.78, 5) is 24.8. The van der Waals surface area contributed by atoms with E-state index in [-0.39, 0.29) is 16.5 Å². The highest BCUT2D eigenvalue weighted by Crippen LogP contribution is 2.23. The van der Waals surface area contributed by atoms with E-state index in [0.717, 1.165) is 10.8 Å². The van der Waals surface area contributed by atoms with Gasteiger partial charge in [0.2, 0.25) is 0 Å². The lowest BCUT2D eigenvalue weighted by atomic mass is 10.0. The second-order valence-corrected chi connectivity index (χ2v) is 7.65. The number of hydrazone groups is 1. The van der Waals surface area contributed by atoms with E-state index in [1.807, 2.05) is 36.4 Å². The van der Waals surface area contributed by atoms with E-state index < -0.39 is 5.97 Å². The molecule has 158 valence electrons. The first-order chi connectivity index (χ1) is 15.5. The van der Waals surface area contributed by atoms with Crippen molar-refractivity contribution in [2.75, 3.05) is 0 Å². The van der Waals surface area contributed by atoms with Crippen LogP contribution in [0.25, 0.3) is 10.8 Å². The van der Waals surface area contributed by atoms with Gasteiger partial charge in [-0.1, -0.05) is 59.6 Å². The number of carbonyl (C=O) groups is 2. The number of benzene rings is 4. The van der Waals surface area contributed by atoms with Crippen LogP contribution in [0.5, 0.6) is 5.75 Å². The second kappa shape index (κ2) is 9.64. The van der Waals surface area contributed by atoms with Crippen LogP contribution in [0.2, 0.25) is 10.0 Å². The molecule has 0 saturated carbocycles. The summed E-state index contributed by atoms with van der Waals surface area (Å²) in [6, 6.07) is 24.4. The van der Waals surface area contributed by atoms with Crippen LogP contribution in [-0.4, -0.2) is 18.1 Å². The molecule has 0 aliphatic carbocycles. The number of nitrogens with one attached hydrogen (secondary N) is 1. The average Bonchev–Trinajstić information content (AvgIpc) is 2.79. The van der Waals surface area contributed by atoms with Gasteiger partial charge in [-0.2, -0.15) is 5.10 Å². The molecule has 0 spiro atoms. The number of hydrogen-bond donors (Lipinski definition) is 1. The predicted molar refractivity (Wildman–Crippen MR) is 127 cm³/mol. The molecule has 7 heteroatoms. The van der Waals surface area contributed by atoms with Crippen LogP contribution >= 0.6 is 23.2 Å². The Morgan fingerprint density at radius 2 is 1.59 bits per heavy atom. The van der Waals surface area contributed by atoms with Crippen molar-refractivity contribution in [1.29, 1.82) is 0 Å². The Labute approximate surface area is 194 Å². The first-order valence-corrected chi connectivity index (χ1v) is 10.4.